The van der Waals surface area contributed by atoms with Gasteiger partial charge in [-0.1, -0.05) is 13.8 Å². The van der Waals surface area contributed by atoms with E-state index >= 15 is 0 Å². The van der Waals surface area contributed by atoms with E-state index in [0.29, 0.717) is 5.41 Å². The standard InChI is InChI=1S/C10H20N2S/c1-9-5-12(3-4-13-9)8-10(2)6-11-7-10/h9,11H,3-8H2,1-2H3. The zero-order valence-corrected chi connectivity index (χ0v) is 9.49. The van der Waals surface area contributed by atoms with Gasteiger partial charge in [-0.2, -0.15) is 11.8 Å². The van der Waals surface area contributed by atoms with Gasteiger partial charge in [0.1, 0.15) is 0 Å². The lowest BCUT2D eigenvalue weighted by atomic mass is 9.83. The van der Waals surface area contributed by atoms with Crippen molar-refractivity contribution in [3.8, 4) is 0 Å². The second kappa shape index (κ2) is 3.79. The predicted octanol–water partition coefficient (Wildman–Crippen LogP) is 1.03. The van der Waals surface area contributed by atoms with Gasteiger partial charge >= 0.3 is 0 Å². The molecule has 2 nitrogen and oxygen atoms in total. The highest BCUT2D eigenvalue weighted by atomic mass is 32.2. The summed E-state index contributed by atoms with van der Waals surface area (Å²) in [6.45, 7) is 11.1. The minimum Gasteiger partial charge on any atom is -0.315 e. The molecule has 0 aromatic heterocycles. The van der Waals surface area contributed by atoms with Crippen molar-refractivity contribution in [3.63, 3.8) is 0 Å². The van der Waals surface area contributed by atoms with Crippen LogP contribution in [0.3, 0.4) is 0 Å². The van der Waals surface area contributed by atoms with Crippen LogP contribution in [-0.4, -0.2) is 48.6 Å². The number of rotatable bonds is 2. The SMILES string of the molecule is CC1CN(CC2(C)CNC2)CCS1. The van der Waals surface area contributed by atoms with Crippen molar-refractivity contribution in [2.75, 3.05) is 38.5 Å². The van der Waals surface area contributed by atoms with Crippen LogP contribution in [0.1, 0.15) is 13.8 Å². The van der Waals surface area contributed by atoms with Gasteiger partial charge in [-0.3, -0.25) is 0 Å². The van der Waals surface area contributed by atoms with Crippen LogP contribution >= 0.6 is 11.8 Å². The zero-order chi connectivity index (χ0) is 9.31. The molecule has 1 N–H and O–H groups in total. The maximum absolute atomic E-state index is 3.37. The Kier molecular flexibility index (Phi) is 2.86. The average molecular weight is 200 g/mol. The first kappa shape index (κ1) is 9.81. The van der Waals surface area contributed by atoms with Crippen molar-refractivity contribution >= 4 is 11.8 Å². The molecular weight excluding hydrogens is 180 g/mol. The first-order valence-electron chi connectivity index (χ1n) is 5.23. The fourth-order valence-corrected chi connectivity index (χ4v) is 3.32. The molecule has 1 unspecified atom stereocenters. The lowest BCUT2D eigenvalue weighted by molar-refractivity contribution is 0.111. The third-order valence-corrected chi connectivity index (χ3v) is 4.17. The van der Waals surface area contributed by atoms with E-state index in [9.17, 15) is 0 Å². The lowest BCUT2D eigenvalue weighted by Gasteiger charge is -2.44. The largest absolute Gasteiger partial charge is 0.315 e. The summed E-state index contributed by atoms with van der Waals surface area (Å²) >= 11 is 2.12. The van der Waals surface area contributed by atoms with E-state index in [1.54, 1.807) is 0 Å². The van der Waals surface area contributed by atoms with Crippen LogP contribution < -0.4 is 5.32 Å². The van der Waals surface area contributed by atoms with Crippen molar-refractivity contribution in [1.29, 1.82) is 0 Å². The molecule has 0 spiro atoms. The first-order valence-corrected chi connectivity index (χ1v) is 6.28. The molecular formula is C10H20N2S. The fourth-order valence-electron chi connectivity index (χ4n) is 2.24. The molecule has 2 saturated heterocycles. The Morgan fingerprint density at radius 2 is 2.31 bits per heavy atom. The summed E-state index contributed by atoms with van der Waals surface area (Å²) in [5.74, 6) is 1.32. The van der Waals surface area contributed by atoms with Gasteiger partial charge in [0, 0.05) is 49.1 Å². The van der Waals surface area contributed by atoms with E-state index in [0.717, 1.165) is 5.25 Å². The Labute approximate surface area is 85.4 Å². The Balaban J connectivity index is 1.80. The number of nitrogens with zero attached hydrogens (tertiary/aromatic N) is 1. The minimum atomic E-state index is 0.571. The summed E-state index contributed by atoms with van der Waals surface area (Å²) in [4.78, 5) is 2.64. The Bertz CT molecular complexity index is 180. The van der Waals surface area contributed by atoms with Crippen LogP contribution in [0.4, 0.5) is 0 Å². The smallest absolute Gasteiger partial charge is 0.0147 e. The maximum atomic E-state index is 3.37. The minimum absolute atomic E-state index is 0.571. The molecule has 2 aliphatic heterocycles. The Morgan fingerprint density at radius 3 is 2.85 bits per heavy atom. The summed E-state index contributed by atoms with van der Waals surface area (Å²) in [6.07, 6.45) is 0. The topological polar surface area (TPSA) is 15.3 Å². The van der Waals surface area contributed by atoms with Gasteiger partial charge < -0.3 is 10.2 Å². The molecule has 2 fully saturated rings. The van der Waals surface area contributed by atoms with Gasteiger partial charge in [0.2, 0.25) is 0 Å². The molecule has 2 aliphatic rings. The van der Waals surface area contributed by atoms with Gasteiger partial charge in [0.05, 0.1) is 0 Å². The van der Waals surface area contributed by atoms with Gasteiger partial charge in [0.25, 0.3) is 0 Å². The van der Waals surface area contributed by atoms with Crippen LogP contribution in [-0.2, 0) is 0 Å². The normalized spacial score (nSPS) is 34.2. The molecule has 0 amide bonds. The Hall–Kier alpha value is 0.270. The van der Waals surface area contributed by atoms with Crippen LogP contribution in [0, 0.1) is 5.41 Å². The summed E-state index contributed by atoms with van der Waals surface area (Å²) in [7, 11) is 0. The molecule has 0 aromatic rings. The molecule has 0 aliphatic carbocycles. The molecule has 3 heteroatoms. The van der Waals surface area contributed by atoms with Crippen LogP contribution in [0.15, 0.2) is 0 Å². The number of hydrogen-bond acceptors (Lipinski definition) is 3. The van der Waals surface area contributed by atoms with Crippen molar-refractivity contribution in [2.24, 2.45) is 5.41 Å². The molecule has 0 saturated carbocycles. The third kappa shape index (κ3) is 2.39. The van der Waals surface area contributed by atoms with E-state index < -0.39 is 0 Å². The highest BCUT2D eigenvalue weighted by Gasteiger charge is 2.34. The van der Waals surface area contributed by atoms with Crippen molar-refractivity contribution in [2.45, 2.75) is 19.1 Å². The Morgan fingerprint density at radius 1 is 1.54 bits per heavy atom. The molecule has 76 valence electrons. The molecule has 0 aromatic carbocycles. The number of hydrogen-bond donors (Lipinski definition) is 1. The van der Waals surface area contributed by atoms with Crippen molar-refractivity contribution in [1.82, 2.24) is 10.2 Å². The van der Waals surface area contributed by atoms with Crippen LogP contribution in [0.25, 0.3) is 0 Å². The van der Waals surface area contributed by atoms with Crippen LogP contribution in [0.2, 0.25) is 0 Å². The maximum Gasteiger partial charge on any atom is 0.0147 e. The van der Waals surface area contributed by atoms with Gasteiger partial charge in [-0.25, -0.2) is 0 Å². The van der Waals surface area contributed by atoms with E-state index in [1.807, 2.05) is 0 Å². The van der Waals surface area contributed by atoms with E-state index in [2.05, 4.69) is 35.8 Å². The van der Waals surface area contributed by atoms with Crippen LogP contribution in [0.5, 0.6) is 0 Å². The summed E-state index contributed by atoms with van der Waals surface area (Å²) in [6, 6.07) is 0. The van der Waals surface area contributed by atoms with Gasteiger partial charge in [-0.05, 0) is 0 Å². The first-order chi connectivity index (χ1) is 6.18. The second-order valence-electron chi connectivity index (χ2n) is 4.83. The number of thioether (sulfide) groups is 1. The highest BCUT2D eigenvalue weighted by molar-refractivity contribution is 7.99. The molecule has 2 heterocycles. The van der Waals surface area contributed by atoms with E-state index in [1.165, 1.54) is 38.5 Å². The molecule has 13 heavy (non-hydrogen) atoms. The second-order valence-corrected chi connectivity index (χ2v) is 6.38. The average Bonchev–Trinajstić information content (AvgIpc) is 2.01. The quantitative estimate of drug-likeness (QED) is 0.717. The summed E-state index contributed by atoms with van der Waals surface area (Å²) < 4.78 is 0. The van der Waals surface area contributed by atoms with Gasteiger partial charge in [0.15, 0.2) is 0 Å². The summed E-state index contributed by atoms with van der Waals surface area (Å²) in [5, 5.41) is 4.21. The monoisotopic (exact) mass is 200 g/mol. The lowest BCUT2D eigenvalue weighted by Crippen LogP contribution is -2.58. The molecule has 2 rings (SSSR count). The summed E-state index contributed by atoms with van der Waals surface area (Å²) in [5.41, 5.74) is 0.571. The van der Waals surface area contributed by atoms with Crippen molar-refractivity contribution < 1.29 is 0 Å². The molecule has 0 bridgehead atoms. The predicted molar refractivity (Wildman–Crippen MR) is 59.3 cm³/mol. The zero-order valence-electron chi connectivity index (χ0n) is 8.68. The van der Waals surface area contributed by atoms with Gasteiger partial charge in [-0.15, -0.1) is 0 Å². The third-order valence-electron chi connectivity index (χ3n) is 3.03. The molecule has 0 radical (unpaired) electrons. The number of nitrogens with one attached hydrogen (secondary N) is 1. The fraction of sp³-hybridized carbons (Fsp3) is 1.00. The highest BCUT2D eigenvalue weighted by Crippen LogP contribution is 2.26. The van der Waals surface area contributed by atoms with E-state index in [4.69, 9.17) is 0 Å². The van der Waals surface area contributed by atoms with E-state index in [-0.39, 0.29) is 0 Å². The molecule has 1 atom stereocenters. The van der Waals surface area contributed by atoms with Crippen molar-refractivity contribution in [3.05, 3.63) is 0 Å².